The molecular weight excluding hydrogens is 350 g/mol. The molecule has 0 aliphatic heterocycles. The molecule has 0 bridgehead atoms. The van der Waals surface area contributed by atoms with Crippen LogP contribution in [0.4, 0.5) is 0 Å². The molecule has 1 aromatic heterocycles. The lowest BCUT2D eigenvalue weighted by Crippen LogP contribution is -2.02. The maximum atomic E-state index is 10.7. The first-order chi connectivity index (χ1) is 12.6. The van der Waals surface area contributed by atoms with Gasteiger partial charge in [-0.1, -0.05) is 24.8 Å². The van der Waals surface area contributed by atoms with Crippen molar-refractivity contribution in [2.24, 2.45) is 0 Å². The van der Waals surface area contributed by atoms with Crippen molar-refractivity contribution in [3.63, 3.8) is 0 Å². The SMILES string of the molecule is COc1ccc(CCCCOc2ccc(C[S])nc2C=CC(=O)O)cc1. The van der Waals surface area contributed by atoms with Crippen LogP contribution in [0.3, 0.4) is 0 Å². The van der Waals surface area contributed by atoms with Crippen molar-refractivity contribution in [2.45, 2.75) is 25.0 Å². The summed E-state index contributed by atoms with van der Waals surface area (Å²) in [5, 5.41) is 8.80. The van der Waals surface area contributed by atoms with Gasteiger partial charge in [0.05, 0.1) is 19.4 Å². The molecule has 0 atom stereocenters. The number of carbonyl (C=O) groups is 1. The predicted molar refractivity (Wildman–Crippen MR) is 104 cm³/mol. The Labute approximate surface area is 159 Å². The molecule has 0 aliphatic rings. The van der Waals surface area contributed by atoms with Gasteiger partial charge in [-0.05, 0) is 55.2 Å². The first-order valence-corrected chi connectivity index (χ1v) is 8.95. The lowest BCUT2D eigenvalue weighted by molar-refractivity contribution is -0.131. The fourth-order valence-corrected chi connectivity index (χ4v) is 2.54. The average molecular weight is 372 g/mol. The summed E-state index contributed by atoms with van der Waals surface area (Å²) < 4.78 is 10.9. The van der Waals surface area contributed by atoms with Gasteiger partial charge in [-0.2, -0.15) is 0 Å². The van der Waals surface area contributed by atoms with Gasteiger partial charge in [0.15, 0.2) is 0 Å². The number of carboxylic acids is 1. The molecule has 0 fully saturated rings. The van der Waals surface area contributed by atoms with Gasteiger partial charge in [-0.3, -0.25) is 0 Å². The second-order valence-corrected chi connectivity index (χ2v) is 5.94. The van der Waals surface area contributed by atoms with Gasteiger partial charge in [0.25, 0.3) is 0 Å². The van der Waals surface area contributed by atoms with Crippen LogP contribution in [-0.4, -0.2) is 29.8 Å². The first-order valence-electron chi connectivity index (χ1n) is 8.37. The number of pyridine rings is 1. The average Bonchev–Trinajstić information content (AvgIpc) is 2.67. The number of aliphatic carboxylic acids is 1. The second kappa shape index (κ2) is 10.5. The van der Waals surface area contributed by atoms with Crippen LogP contribution in [0, 0.1) is 0 Å². The highest BCUT2D eigenvalue weighted by Gasteiger charge is 2.05. The number of aryl methyl sites for hydroxylation is 1. The van der Waals surface area contributed by atoms with E-state index in [-0.39, 0.29) is 0 Å². The highest BCUT2D eigenvalue weighted by molar-refractivity contribution is 7.79. The molecule has 6 heteroatoms. The number of benzene rings is 1. The van der Waals surface area contributed by atoms with Crippen LogP contribution in [0.15, 0.2) is 42.5 Å². The van der Waals surface area contributed by atoms with Gasteiger partial charge in [0.2, 0.25) is 0 Å². The quantitative estimate of drug-likeness (QED) is 0.498. The zero-order valence-corrected chi connectivity index (χ0v) is 15.5. The Balaban J connectivity index is 1.85. The van der Waals surface area contributed by atoms with E-state index in [9.17, 15) is 4.79 Å². The molecular formula is C20H22NO4S. The number of hydrogen-bond donors (Lipinski definition) is 1. The third-order valence-corrected chi connectivity index (χ3v) is 4.05. The van der Waals surface area contributed by atoms with Crippen LogP contribution in [0.25, 0.3) is 6.08 Å². The Hall–Kier alpha value is -2.47. The van der Waals surface area contributed by atoms with E-state index in [1.807, 2.05) is 12.1 Å². The zero-order chi connectivity index (χ0) is 18.8. The van der Waals surface area contributed by atoms with Crippen molar-refractivity contribution in [3.05, 3.63) is 59.4 Å². The number of methoxy groups -OCH3 is 1. The zero-order valence-electron chi connectivity index (χ0n) is 14.7. The monoisotopic (exact) mass is 372 g/mol. The molecule has 137 valence electrons. The molecule has 26 heavy (non-hydrogen) atoms. The van der Waals surface area contributed by atoms with Crippen LogP contribution >= 0.6 is 12.6 Å². The lowest BCUT2D eigenvalue weighted by atomic mass is 10.1. The maximum absolute atomic E-state index is 10.7. The van der Waals surface area contributed by atoms with Gasteiger partial charge in [-0.25, -0.2) is 9.78 Å². The molecule has 0 spiro atoms. The number of aromatic nitrogens is 1. The minimum atomic E-state index is -1.03. The molecule has 1 N–H and O–H groups in total. The van der Waals surface area contributed by atoms with Gasteiger partial charge in [-0.15, -0.1) is 0 Å². The molecule has 1 radical (unpaired) electrons. The summed E-state index contributed by atoms with van der Waals surface area (Å²) in [7, 11) is 1.66. The van der Waals surface area contributed by atoms with Crippen molar-refractivity contribution in [3.8, 4) is 11.5 Å². The van der Waals surface area contributed by atoms with Crippen LogP contribution in [0.1, 0.15) is 29.8 Å². The van der Waals surface area contributed by atoms with Crippen molar-refractivity contribution < 1.29 is 19.4 Å². The normalized spacial score (nSPS) is 10.8. The molecule has 0 aliphatic carbocycles. The third kappa shape index (κ3) is 6.44. The summed E-state index contributed by atoms with van der Waals surface area (Å²) in [5.41, 5.74) is 2.47. The Morgan fingerprint density at radius 2 is 1.96 bits per heavy atom. The predicted octanol–water partition coefficient (Wildman–Crippen LogP) is 4.29. The van der Waals surface area contributed by atoms with E-state index < -0.39 is 5.97 Å². The minimum absolute atomic E-state index is 0.371. The summed E-state index contributed by atoms with van der Waals surface area (Å²) in [6.07, 6.45) is 5.32. The Bertz CT molecular complexity index is 744. The maximum Gasteiger partial charge on any atom is 0.328 e. The third-order valence-electron chi connectivity index (χ3n) is 3.75. The molecule has 1 aromatic carbocycles. The van der Waals surface area contributed by atoms with E-state index >= 15 is 0 Å². The van der Waals surface area contributed by atoms with E-state index in [0.717, 1.165) is 36.8 Å². The molecule has 2 rings (SSSR count). The number of nitrogens with zero attached hydrogens (tertiary/aromatic N) is 1. The van der Waals surface area contributed by atoms with Crippen LogP contribution in [0.5, 0.6) is 11.5 Å². The summed E-state index contributed by atoms with van der Waals surface area (Å²) >= 11 is 4.99. The number of unbranched alkanes of at least 4 members (excludes halogenated alkanes) is 1. The van der Waals surface area contributed by atoms with E-state index in [1.165, 1.54) is 11.6 Å². The Morgan fingerprint density at radius 1 is 1.19 bits per heavy atom. The van der Waals surface area contributed by atoms with E-state index in [2.05, 4.69) is 17.1 Å². The van der Waals surface area contributed by atoms with E-state index in [1.54, 1.807) is 19.2 Å². The molecule has 2 aromatic rings. The Morgan fingerprint density at radius 3 is 2.62 bits per heavy atom. The number of ether oxygens (including phenoxy) is 2. The highest BCUT2D eigenvalue weighted by Crippen LogP contribution is 2.20. The van der Waals surface area contributed by atoms with Crippen LogP contribution < -0.4 is 9.47 Å². The number of carboxylic acid groups (broad SMARTS) is 1. The fraction of sp³-hybridized carbons (Fsp3) is 0.300. The van der Waals surface area contributed by atoms with Crippen molar-refractivity contribution in [1.82, 2.24) is 4.98 Å². The van der Waals surface area contributed by atoms with Crippen molar-refractivity contribution in [1.29, 1.82) is 0 Å². The molecule has 0 unspecified atom stereocenters. The molecule has 0 saturated heterocycles. The summed E-state index contributed by atoms with van der Waals surface area (Å²) in [5.74, 6) is 0.769. The fourth-order valence-electron chi connectivity index (χ4n) is 2.38. The summed E-state index contributed by atoms with van der Waals surface area (Å²) in [4.78, 5) is 15.1. The highest BCUT2D eigenvalue weighted by atomic mass is 32.1. The smallest absolute Gasteiger partial charge is 0.328 e. The van der Waals surface area contributed by atoms with E-state index in [0.29, 0.717) is 23.8 Å². The molecule has 5 nitrogen and oxygen atoms in total. The summed E-state index contributed by atoms with van der Waals surface area (Å²) in [6, 6.07) is 11.6. The lowest BCUT2D eigenvalue weighted by Gasteiger charge is -2.10. The van der Waals surface area contributed by atoms with Gasteiger partial charge in [0, 0.05) is 11.8 Å². The van der Waals surface area contributed by atoms with Crippen LogP contribution in [0.2, 0.25) is 0 Å². The van der Waals surface area contributed by atoms with Crippen molar-refractivity contribution in [2.75, 3.05) is 13.7 Å². The summed E-state index contributed by atoms with van der Waals surface area (Å²) in [6.45, 7) is 0.541. The first kappa shape index (κ1) is 19.8. The Kier molecular flexibility index (Phi) is 8.02. The topological polar surface area (TPSA) is 68.7 Å². The molecule has 0 saturated carbocycles. The number of rotatable bonds is 10. The molecule has 1 heterocycles. The molecule has 0 amide bonds. The second-order valence-electron chi connectivity index (χ2n) is 5.66. The van der Waals surface area contributed by atoms with Crippen LogP contribution in [-0.2, 0) is 17.0 Å². The van der Waals surface area contributed by atoms with E-state index in [4.69, 9.17) is 27.2 Å². The minimum Gasteiger partial charge on any atom is -0.497 e. The van der Waals surface area contributed by atoms with Gasteiger partial charge >= 0.3 is 5.97 Å². The standard InChI is InChI=1S/C20H22NO4S/c1-24-17-8-5-15(6-9-17)4-2-3-13-25-19-11-7-16(14-26)21-18(19)10-12-20(22)23/h5-12H,2-4,13-14H2,1H3,(H,22,23). The number of hydrogen-bond acceptors (Lipinski definition) is 4. The van der Waals surface area contributed by atoms with Gasteiger partial charge < -0.3 is 14.6 Å². The largest absolute Gasteiger partial charge is 0.497 e. The van der Waals surface area contributed by atoms with Gasteiger partial charge in [0.1, 0.15) is 17.2 Å². The van der Waals surface area contributed by atoms with Crippen molar-refractivity contribution >= 4 is 24.7 Å².